The van der Waals surface area contributed by atoms with Gasteiger partial charge in [-0.2, -0.15) is 0 Å². The number of para-hydroxylation sites is 4. The van der Waals surface area contributed by atoms with E-state index in [0.29, 0.717) is 23.9 Å². The van der Waals surface area contributed by atoms with E-state index in [1.807, 2.05) is 60.0 Å². The average molecular weight is 378 g/mol. The first-order valence-corrected chi connectivity index (χ1v) is 9.40. The normalized spacial score (nSPS) is 16.0. The molecule has 1 aliphatic rings. The van der Waals surface area contributed by atoms with Gasteiger partial charge in [0.25, 0.3) is 5.91 Å². The lowest BCUT2D eigenvalue weighted by Gasteiger charge is -2.32. The van der Waals surface area contributed by atoms with Gasteiger partial charge in [0, 0.05) is 19.5 Å². The van der Waals surface area contributed by atoms with E-state index in [1.54, 1.807) is 11.8 Å². The number of aromatic nitrogens is 2. The van der Waals surface area contributed by atoms with Gasteiger partial charge in [-0.05, 0) is 38.1 Å². The zero-order chi connectivity index (χ0) is 19.7. The summed E-state index contributed by atoms with van der Waals surface area (Å²) in [5, 5.41) is 2.88. The topological polar surface area (TPSA) is 76.5 Å². The Morgan fingerprint density at radius 3 is 2.75 bits per heavy atom. The second-order valence-corrected chi connectivity index (χ2v) is 6.68. The number of hydrogen-bond donors (Lipinski definition) is 1. The molecule has 1 aromatic heterocycles. The van der Waals surface area contributed by atoms with Crippen LogP contribution in [-0.2, 0) is 16.1 Å². The first-order chi connectivity index (χ1) is 13.6. The minimum atomic E-state index is -0.567. The Balaban J connectivity index is 1.49. The average Bonchev–Trinajstić information content (AvgIpc) is 3.05. The molecule has 144 valence electrons. The summed E-state index contributed by atoms with van der Waals surface area (Å²) in [6, 6.07) is 15.1. The first-order valence-electron chi connectivity index (χ1n) is 9.40. The van der Waals surface area contributed by atoms with Crippen molar-refractivity contribution in [2.24, 2.45) is 0 Å². The third-order valence-electron chi connectivity index (χ3n) is 4.86. The van der Waals surface area contributed by atoms with E-state index in [0.717, 1.165) is 11.0 Å². The van der Waals surface area contributed by atoms with E-state index in [9.17, 15) is 9.59 Å². The number of nitrogens with one attached hydrogen (secondary N) is 1. The molecular weight excluding hydrogens is 356 g/mol. The Bertz CT molecular complexity index is 1040. The van der Waals surface area contributed by atoms with Crippen LogP contribution in [0.4, 0.5) is 11.6 Å². The van der Waals surface area contributed by atoms with Crippen molar-refractivity contribution >= 4 is 34.5 Å². The maximum atomic E-state index is 12.6. The molecule has 0 saturated heterocycles. The fourth-order valence-corrected chi connectivity index (χ4v) is 3.48. The van der Waals surface area contributed by atoms with Gasteiger partial charge in [-0.15, -0.1) is 0 Å². The molecule has 1 atom stereocenters. The highest BCUT2D eigenvalue weighted by atomic mass is 16.5. The van der Waals surface area contributed by atoms with Gasteiger partial charge in [0.15, 0.2) is 6.10 Å². The molecule has 0 saturated carbocycles. The Morgan fingerprint density at radius 2 is 1.93 bits per heavy atom. The molecule has 7 nitrogen and oxygen atoms in total. The number of hydrogen-bond acceptors (Lipinski definition) is 4. The Morgan fingerprint density at radius 1 is 1.18 bits per heavy atom. The van der Waals surface area contributed by atoms with E-state index in [2.05, 4.69) is 10.3 Å². The highest BCUT2D eigenvalue weighted by Gasteiger charge is 2.31. The zero-order valence-electron chi connectivity index (χ0n) is 15.9. The van der Waals surface area contributed by atoms with Crippen molar-refractivity contribution in [3.8, 4) is 5.75 Å². The number of imidazole rings is 1. The number of carbonyl (C=O) groups is 2. The molecule has 0 bridgehead atoms. The minimum Gasteiger partial charge on any atom is -0.479 e. The summed E-state index contributed by atoms with van der Waals surface area (Å²) in [5.74, 6) is 0.847. The van der Waals surface area contributed by atoms with E-state index < -0.39 is 6.10 Å². The van der Waals surface area contributed by atoms with Crippen molar-refractivity contribution in [2.45, 2.75) is 32.9 Å². The van der Waals surface area contributed by atoms with E-state index >= 15 is 0 Å². The molecule has 0 radical (unpaired) electrons. The van der Waals surface area contributed by atoms with Crippen LogP contribution in [0.3, 0.4) is 0 Å². The number of carbonyl (C=O) groups excluding carboxylic acids is 2. The van der Waals surface area contributed by atoms with Gasteiger partial charge in [-0.1, -0.05) is 24.3 Å². The lowest BCUT2D eigenvalue weighted by molar-refractivity contribution is -0.125. The highest BCUT2D eigenvalue weighted by Crippen LogP contribution is 2.33. The Labute approximate surface area is 162 Å². The summed E-state index contributed by atoms with van der Waals surface area (Å²) >= 11 is 0. The minimum absolute atomic E-state index is 0.146. The maximum Gasteiger partial charge on any atom is 0.267 e. The molecule has 0 aliphatic carbocycles. The van der Waals surface area contributed by atoms with Gasteiger partial charge in [0.1, 0.15) is 5.75 Å². The zero-order valence-corrected chi connectivity index (χ0v) is 15.9. The monoisotopic (exact) mass is 378 g/mol. The van der Waals surface area contributed by atoms with Gasteiger partial charge < -0.3 is 14.2 Å². The molecular formula is C21H22N4O3. The number of fused-ring (bicyclic) bond motifs is 2. The van der Waals surface area contributed by atoms with Gasteiger partial charge in [0.2, 0.25) is 11.9 Å². The number of anilines is 2. The van der Waals surface area contributed by atoms with Gasteiger partial charge >= 0.3 is 0 Å². The maximum absolute atomic E-state index is 12.6. The van der Waals surface area contributed by atoms with Crippen LogP contribution in [0.25, 0.3) is 11.0 Å². The lowest BCUT2D eigenvalue weighted by atomic mass is 10.1. The first kappa shape index (κ1) is 18.0. The third-order valence-corrected chi connectivity index (χ3v) is 4.86. The molecule has 2 amide bonds. The number of rotatable bonds is 5. The summed E-state index contributed by atoms with van der Waals surface area (Å²) in [6.07, 6.45) is -0.401. The van der Waals surface area contributed by atoms with Crippen LogP contribution in [0.5, 0.6) is 5.75 Å². The number of ether oxygens (including phenoxy) is 1. The number of amides is 2. The summed E-state index contributed by atoms with van der Waals surface area (Å²) in [7, 11) is 0. The van der Waals surface area contributed by atoms with Crippen molar-refractivity contribution in [3.05, 3.63) is 48.5 Å². The summed E-state index contributed by atoms with van der Waals surface area (Å²) in [6.45, 7) is 4.70. The predicted molar refractivity (Wildman–Crippen MR) is 108 cm³/mol. The number of nitrogens with zero attached hydrogens (tertiary/aromatic N) is 3. The van der Waals surface area contributed by atoms with Crippen molar-refractivity contribution in [1.29, 1.82) is 0 Å². The van der Waals surface area contributed by atoms with E-state index in [1.165, 1.54) is 0 Å². The predicted octanol–water partition coefficient (Wildman–Crippen LogP) is 3.20. The fraction of sp³-hybridized carbons (Fsp3) is 0.286. The van der Waals surface area contributed by atoms with Crippen LogP contribution in [-0.4, -0.2) is 34.0 Å². The van der Waals surface area contributed by atoms with Gasteiger partial charge in [-0.25, -0.2) is 4.98 Å². The standard InChI is InChI=1S/C21H22N4O3/c1-3-24-16-9-5-4-8-15(16)22-21(24)23-19(26)12-13-25-17-10-6-7-11-18(17)28-14(2)20(25)27/h4-11,14H,3,12-13H2,1-2H3,(H,22,23,26). The molecule has 1 aliphatic heterocycles. The van der Waals surface area contributed by atoms with Gasteiger partial charge in [-0.3, -0.25) is 14.9 Å². The van der Waals surface area contributed by atoms with Gasteiger partial charge in [0.05, 0.1) is 16.7 Å². The molecule has 2 aromatic carbocycles. The van der Waals surface area contributed by atoms with Crippen LogP contribution in [0, 0.1) is 0 Å². The summed E-state index contributed by atoms with van der Waals surface area (Å²) in [5.41, 5.74) is 2.51. The lowest BCUT2D eigenvalue weighted by Crippen LogP contribution is -2.45. The largest absolute Gasteiger partial charge is 0.479 e. The van der Waals surface area contributed by atoms with Crippen molar-refractivity contribution in [3.63, 3.8) is 0 Å². The van der Waals surface area contributed by atoms with Crippen molar-refractivity contribution in [1.82, 2.24) is 9.55 Å². The van der Waals surface area contributed by atoms with Crippen molar-refractivity contribution < 1.29 is 14.3 Å². The van der Waals surface area contributed by atoms with Crippen LogP contribution >= 0.6 is 0 Å². The molecule has 4 rings (SSSR count). The van der Waals surface area contributed by atoms with Crippen LogP contribution < -0.4 is 15.0 Å². The molecule has 2 heterocycles. The highest BCUT2D eigenvalue weighted by molar-refractivity contribution is 6.00. The number of benzene rings is 2. The molecule has 0 fully saturated rings. The summed E-state index contributed by atoms with van der Waals surface area (Å²) < 4.78 is 7.60. The number of aryl methyl sites for hydroxylation is 1. The fourth-order valence-electron chi connectivity index (χ4n) is 3.48. The molecule has 28 heavy (non-hydrogen) atoms. The molecule has 3 aromatic rings. The molecule has 1 N–H and O–H groups in total. The Kier molecular flexibility index (Phi) is 4.73. The third kappa shape index (κ3) is 3.19. The second-order valence-electron chi connectivity index (χ2n) is 6.68. The summed E-state index contributed by atoms with van der Waals surface area (Å²) in [4.78, 5) is 31.2. The van der Waals surface area contributed by atoms with E-state index in [-0.39, 0.29) is 24.8 Å². The SMILES string of the molecule is CCn1c(NC(=O)CCN2C(=O)C(C)Oc3ccccc32)nc2ccccc21. The van der Waals surface area contributed by atoms with Crippen molar-refractivity contribution in [2.75, 3.05) is 16.8 Å². The van der Waals surface area contributed by atoms with E-state index in [4.69, 9.17) is 4.74 Å². The Hall–Kier alpha value is -3.35. The van der Waals surface area contributed by atoms with Crippen LogP contribution in [0.2, 0.25) is 0 Å². The van der Waals surface area contributed by atoms with Crippen LogP contribution in [0.15, 0.2) is 48.5 Å². The molecule has 0 spiro atoms. The molecule has 1 unspecified atom stereocenters. The molecule has 7 heteroatoms. The smallest absolute Gasteiger partial charge is 0.267 e. The van der Waals surface area contributed by atoms with Crippen LogP contribution in [0.1, 0.15) is 20.3 Å². The second kappa shape index (κ2) is 7.34. The quantitative estimate of drug-likeness (QED) is 0.740.